The summed E-state index contributed by atoms with van der Waals surface area (Å²) in [6, 6.07) is -0.0481. The molecule has 0 unspecified atom stereocenters. The first-order valence-electron chi connectivity index (χ1n) is 4.46. The van der Waals surface area contributed by atoms with Gasteiger partial charge in [-0.05, 0) is 14.0 Å². The first kappa shape index (κ1) is 11.2. The van der Waals surface area contributed by atoms with Gasteiger partial charge in [-0.1, -0.05) is 21.6 Å². The highest BCUT2D eigenvalue weighted by atomic mass is 33.1. The molecule has 0 radical (unpaired) electrons. The molecule has 0 aromatic rings. The van der Waals surface area contributed by atoms with Gasteiger partial charge in [-0.15, -0.1) is 0 Å². The lowest BCUT2D eigenvalue weighted by atomic mass is 10.3. The van der Waals surface area contributed by atoms with Crippen molar-refractivity contribution in [3.63, 3.8) is 0 Å². The number of nitrogens with zero attached hydrogens (tertiary/aromatic N) is 1. The van der Waals surface area contributed by atoms with Crippen LogP contribution in [-0.4, -0.2) is 48.5 Å². The Bertz CT molecular complexity index is 170. The Hall–Kier alpha value is 0.130. The van der Waals surface area contributed by atoms with E-state index < -0.39 is 0 Å². The van der Waals surface area contributed by atoms with E-state index in [1.54, 1.807) is 0 Å². The molecule has 1 heterocycles. The van der Waals surface area contributed by atoms with Crippen molar-refractivity contribution >= 4 is 27.5 Å². The molecule has 76 valence electrons. The average molecular weight is 220 g/mol. The van der Waals surface area contributed by atoms with Crippen LogP contribution in [0.3, 0.4) is 0 Å². The van der Waals surface area contributed by atoms with Crippen molar-refractivity contribution < 1.29 is 4.79 Å². The van der Waals surface area contributed by atoms with E-state index in [4.69, 9.17) is 0 Å². The van der Waals surface area contributed by atoms with Crippen molar-refractivity contribution in [1.29, 1.82) is 0 Å². The predicted molar refractivity (Wildman–Crippen MR) is 60.0 cm³/mol. The normalized spacial score (nSPS) is 20.9. The molecule has 1 fully saturated rings. The third kappa shape index (κ3) is 3.40. The van der Waals surface area contributed by atoms with Crippen LogP contribution in [-0.2, 0) is 4.79 Å². The molecule has 5 heteroatoms. The molecule has 1 aliphatic heterocycles. The molecule has 0 saturated carbocycles. The van der Waals surface area contributed by atoms with Gasteiger partial charge in [0, 0.05) is 24.6 Å². The van der Waals surface area contributed by atoms with Crippen molar-refractivity contribution in [2.24, 2.45) is 0 Å². The summed E-state index contributed by atoms with van der Waals surface area (Å²) in [6.07, 6.45) is 0. The summed E-state index contributed by atoms with van der Waals surface area (Å²) in [5.41, 5.74) is 0. The summed E-state index contributed by atoms with van der Waals surface area (Å²) in [7, 11) is 5.54. The van der Waals surface area contributed by atoms with Crippen LogP contribution in [0, 0.1) is 0 Å². The van der Waals surface area contributed by atoms with Gasteiger partial charge < -0.3 is 10.2 Å². The van der Waals surface area contributed by atoms with Gasteiger partial charge in [0.05, 0.1) is 6.04 Å². The molecule has 3 nitrogen and oxygen atoms in total. The highest BCUT2D eigenvalue weighted by Crippen LogP contribution is 2.23. The Balaban J connectivity index is 2.43. The molecule has 13 heavy (non-hydrogen) atoms. The number of rotatable bonds is 2. The van der Waals surface area contributed by atoms with E-state index >= 15 is 0 Å². The van der Waals surface area contributed by atoms with E-state index in [1.807, 2.05) is 40.5 Å². The second-order valence-electron chi connectivity index (χ2n) is 2.98. The first-order valence-corrected chi connectivity index (χ1v) is 6.95. The number of carbonyl (C=O) groups is 1. The van der Waals surface area contributed by atoms with E-state index in [-0.39, 0.29) is 11.9 Å². The molecule has 1 saturated heterocycles. The molecule has 0 aromatic carbocycles. The fourth-order valence-corrected chi connectivity index (χ4v) is 3.12. The number of hydrogen-bond donors (Lipinski definition) is 1. The Morgan fingerprint density at radius 1 is 1.38 bits per heavy atom. The van der Waals surface area contributed by atoms with Gasteiger partial charge in [0.2, 0.25) is 5.91 Å². The minimum Gasteiger partial charge on any atom is -0.340 e. The van der Waals surface area contributed by atoms with Gasteiger partial charge in [0.15, 0.2) is 0 Å². The van der Waals surface area contributed by atoms with Crippen LogP contribution in [0.5, 0.6) is 0 Å². The fourth-order valence-electron chi connectivity index (χ4n) is 1.14. The van der Waals surface area contributed by atoms with E-state index in [2.05, 4.69) is 5.32 Å². The van der Waals surface area contributed by atoms with Gasteiger partial charge in [-0.2, -0.15) is 0 Å². The number of nitrogens with one attached hydrogen (secondary N) is 1. The van der Waals surface area contributed by atoms with Gasteiger partial charge in [0.25, 0.3) is 0 Å². The summed E-state index contributed by atoms with van der Waals surface area (Å²) < 4.78 is 0. The van der Waals surface area contributed by atoms with Crippen LogP contribution in [0.1, 0.15) is 6.92 Å². The summed E-state index contributed by atoms with van der Waals surface area (Å²) >= 11 is 0. The molecule has 1 atom stereocenters. The first-order chi connectivity index (χ1) is 6.25. The van der Waals surface area contributed by atoms with Crippen molar-refractivity contribution in [3.05, 3.63) is 0 Å². The standard InChI is InChI=1S/C8H16N2OS2/c1-7(9-2)8(11)10-3-5-12-13-6-4-10/h7,9H,3-6H2,1-2H3/t7-/m0/s1. The maximum atomic E-state index is 11.7. The largest absolute Gasteiger partial charge is 0.340 e. The van der Waals surface area contributed by atoms with Crippen molar-refractivity contribution in [3.8, 4) is 0 Å². The molecule has 1 aliphatic rings. The number of likely N-dealkylation sites (N-methyl/N-ethyl adjacent to an activating group) is 1. The van der Waals surface area contributed by atoms with E-state index in [0.717, 1.165) is 24.6 Å². The van der Waals surface area contributed by atoms with Crippen LogP contribution in [0.4, 0.5) is 0 Å². The van der Waals surface area contributed by atoms with Crippen molar-refractivity contribution in [2.75, 3.05) is 31.6 Å². The monoisotopic (exact) mass is 220 g/mol. The average Bonchev–Trinajstić information content (AvgIpc) is 2.43. The molecule has 0 spiro atoms. The maximum absolute atomic E-state index is 11.7. The van der Waals surface area contributed by atoms with E-state index in [9.17, 15) is 4.79 Å². The molecule has 0 bridgehead atoms. The fraction of sp³-hybridized carbons (Fsp3) is 0.875. The third-order valence-electron chi connectivity index (χ3n) is 2.09. The van der Waals surface area contributed by atoms with Gasteiger partial charge in [-0.25, -0.2) is 0 Å². The topological polar surface area (TPSA) is 32.3 Å². The van der Waals surface area contributed by atoms with Crippen molar-refractivity contribution in [2.45, 2.75) is 13.0 Å². The zero-order chi connectivity index (χ0) is 9.68. The Morgan fingerprint density at radius 2 is 1.92 bits per heavy atom. The lowest BCUT2D eigenvalue weighted by molar-refractivity contribution is -0.132. The second kappa shape index (κ2) is 5.78. The number of carbonyl (C=O) groups excluding carboxylic acids is 1. The van der Waals surface area contributed by atoms with E-state index in [0.29, 0.717) is 0 Å². The van der Waals surface area contributed by atoms with Crippen LogP contribution >= 0.6 is 21.6 Å². The number of hydrogen-bond acceptors (Lipinski definition) is 4. The molecular weight excluding hydrogens is 204 g/mol. The van der Waals surface area contributed by atoms with Crippen molar-refractivity contribution in [1.82, 2.24) is 10.2 Å². The maximum Gasteiger partial charge on any atom is 0.239 e. The minimum atomic E-state index is -0.0481. The highest BCUT2D eigenvalue weighted by molar-refractivity contribution is 8.76. The highest BCUT2D eigenvalue weighted by Gasteiger charge is 2.19. The smallest absolute Gasteiger partial charge is 0.239 e. The summed E-state index contributed by atoms with van der Waals surface area (Å²) in [5, 5.41) is 2.98. The quantitative estimate of drug-likeness (QED) is 0.698. The van der Waals surface area contributed by atoms with Crippen LogP contribution in [0.15, 0.2) is 0 Å². The molecule has 0 aromatic heterocycles. The molecular formula is C8H16N2OS2. The van der Waals surface area contributed by atoms with Crippen LogP contribution in [0.25, 0.3) is 0 Å². The number of amides is 1. The van der Waals surface area contributed by atoms with Gasteiger partial charge in [0.1, 0.15) is 0 Å². The van der Waals surface area contributed by atoms with Gasteiger partial charge >= 0.3 is 0 Å². The summed E-state index contributed by atoms with van der Waals surface area (Å²) in [6.45, 7) is 3.69. The molecule has 1 rings (SSSR count). The van der Waals surface area contributed by atoms with Crippen LogP contribution in [0.2, 0.25) is 0 Å². The second-order valence-corrected chi connectivity index (χ2v) is 5.68. The third-order valence-corrected chi connectivity index (χ3v) is 4.45. The van der Waals surface area contributed by atoms with Gasteiger partial charge in [-0.3, -0.25) is 4.79 Å². The SMILES string of the molecule is CN[C@@H](C)C(=O)N1CCSSCC1. The molecule has 1 amide bonds. The lowest BCUT2D eigenvalue weighted by Gasteiger charge is -2.23. The summed E-state index contributed by atoms with van der Waals surface area (Å²) in [5.74, 6) is 2.32. The molecule has 1 N–H and O–H groups in total. The summed E-state index contributed by atoms with van der Waals surface area (Å²) in [4.78, 5) is 13.7. The Labute approximate surface area is 87.4 Å². The Kier molecular flexibility index (Phi) is 4.98. The van der Waals surface area contributed by atoms with E-state index in [1.165, 1.54) is 0 Å². The zero-order valence-electron chi connectivity index (χ0n) is 8.08. The lowest BCUT2D eigenvalue weighted by Crippen LogP contribution is -2.44. The Morgan fingerprint density at radius 3 is 2.38 bits per heavy atom. The van der Waals surface area contributed by atoms with Crippen LogP contribution < -0.4 is 5.32 Å². The molecule has 0 aliphatic carbocycles. The minimum absolute atomic E-state index is 0.0481. The predicted octanol–water partition coefficient (Wildman–Crippen LogP) is 0.818. The zero-order valence-corrected chi connectivity index (χ0v) is 9.71.